The number of anilines is 1. The third-order valence-corrected chi connectivity index (χ3v) is 7.94. The van der Waals surface area contributed by atoms with Crippen molar-refractivity contribution in [3.8, 4) is 0 Å². The molecule has 160 valence electrons. The highest BCUT2D eigenvalue weighted by molar-refractivity contribution is 7.90. The van der Waals surface area contributed by atoms with E-state index in [0.29, 0.717) is 12.8 Å². The van der Waals surface area contributed by atoms with Crippen molar-refractivity contribution in [1.82, 2.24) is 9.21 Å². The fourth-order valence-corrected chi connectivity index (χ4v) is 6.73. The molecule has 0 aromatic heterocycles. The Morgan fingerprint density at radius 2 is 1.93 bits per heavy atom. The summed E-state index contributed by atoms with van der Waals surface area (Å²) in [5, 5.41) is 9.44. The molecule has 9 heteroatoms. The van der Waals surface area contributed by atoms with Crippen molar-refractivity contribution in [1.29, 1.82) is 0 Å². The van der Waals surface area contributed by atoms with E-state index in [-0.39, 0.29) is 31.4 Å². The fourth-order valence-electron chi connectivity index (χ4n) is 4.69. The largest absolute Gasteiger partial charge is 0.465 e. The van der Waals surface area contributed by atoms with Crippen LogP contribution < -0.4 is 4.31 Å². The molecule has 30 heavy (non-hydrogen) atoms. The van der Waals surface area contributed by atoms with E-state index in [1.54, 1.807) is 13.0 Å². The van der Waals surface area contributed by atoms with E-state index in [1.165, 1.54) is 31.7 Å². The van der Waals surface area contributed by atoms with Crippen molar-refractivity contribution in [3.05, 3.63) is 66.0 Å². The SMILES string of the molecule is C[C@H]1CC2(CCN1C(=O)O)CN(Cc1ccccc1)S(=O)(=O)N2c1cccc(F)c1. The Balaban J connectivity index is 1.76. The van der Waals surface area contributed by atoms with Gasteiger partial charge in [-0.3, -0.25) is 0 Å². The summed E-state index contributed by atoms with van der Waals surface area (Å²) in [4.78, 5) is 12.9. The summed E-state index contributed by atoms with van der Waals surface area (Å²) in [6, 6.07) is 14.5. The molecule has 4 rings (SSSR count). The molecule has 2 aliphatic heterocycles. The number of hydrogen-bond donors (Lipinski definition) is 1. The molecule has 2 atom stereocenters. The van der Waals surface area contributed by atoms with Gasteiger partial charge in [0.25, 0.3) is 0 Å². The maximum atomic E-state index is 14.0. The van der Waals surface area contributed by atoms with Gasteiger partial charge >= 0.3 is 16.3 Å². The highest BCUT2D eigenvalue weighted by atomic mass is 32.2. The number of amides is 1. The molecule has 2 saturated heterocycles. The van der Waals surface area contributed by atoms with Gasteiger partial charge in [0.1, 0.15) is 5.82 Å². The summed E-state index contributed by atoms with van der Waals surface area (Å²) in [5.74, 6) is -0.518. The predicted octanol–water partition coefficient (Wildman–Crippen LogP) is 3.29. The smallest absolute Gasteiger partial charge is 0.407 e. The Kier molecular flexibility index (Phi) is 5.19. The van der Waals surface area contributed by atoms with E-state index in [9.17, 15) is 22.7 Å². The van der Waals surface area contributed by atoms with Crippen molar-refractivity contribution in [3.63, 3.8) is 0 Å². The molecule has 0 radical (unpaired) electrons. The maximum absolute atomic E-state index is 14.0. The topological polar surface area (TPSA) is 81.2 Å². The highest BCUT2D eigenvalue weighted by Gasteiger charge is 2.57. The molecule has 7 nitrogen and oxygen atoms in total. The number of hydrogen-bond acceptors (Lipinski definition) is 3. The van der Waals surface area contributed by atoms with Crippen LogP contribution in [0.2, 0.25) is 0 Å². The van der Waals surface area contributed by atoms with E-state index in [2.05, 4.69) is 0 Å². The monoisotopic (exact) mass is 433 g/mol. The standard InChI is InChI=1S/C21H24FN3O4S/c1-16-13-21(10-11-24(16)20(26)27)15-23(14-17-6-3-2-4-7-17)30(28,29)25(21)19-9-5-8-18(22)12-19/h2-9,12,16H,10-11,13-15H2,1H3,(H,26,27)/t16-,21?/m0/s1. The summed E-state index contributed by atoms with van der Waals surface area (Å²) >= 11 is 0. The van der Waals surface area contributed by atoms with E-state index in [1.807, 2.05) is 30.3 Å². The first kappa shape index (κ1) is 20.6. The lowest BCUT2D eigenvalue weighted by atomic mass is 9.83. The third kappa shape index (κ3) is 3.52. The Labute approximate surface area is 175 Å². The van der Waals surface area contributed by atoms with Crippen LogP contribution in [0.4, 0.5) is 14.9 Å². The Morgan fingerprint density at radius 3 is 2.57 bits per heavy atom. The van der Waals surface area contributed by atoms with Crippen LogP contribution in [0.25, 0.3) is 0 Å². The molecule has 0 aliphatic carbocycles. The quantitative estimate of drug-likeness (QED) is 0.805. The molecule has 1 amide bonds. The second-order valence-electron chi connectivity index (χ2n) is 8.01. The van der Waals surface area contributed by atoms with E-state index < -0.39 is 27.7 Å². The summed E-state index contributed by atoms with van der Waals surface area (Å²) in [6.45, 7) is 2.43. The number of carboxylic acid groups (broad SMARTS) is 1. The lowest BCUT2D eigenvalue weighted by molar-refractivity contribution is 0.0873. The molecule has 0 saturated carbocycles. The first-order valence-electron chi connectivity index (χ1n) is 9.82. The van der Waals surface area contributed by atoms with Gasteiger partial charge in [-0.25, -0.2) is 13.5 Å². The second-order valence-corrected chi connectivity index (χ2v) is 9.79. The van der Waals surface area contributed by atoms with Gasteiger partial charge < -0.3 is 10.0 Å². The van der Waals surface area contributed by atoms with Crippen LogP contribution in [-0.4, -0.2) is 53.5 Å². The van der Waals surface area contributed by atoms with Crippen LogP contribution >= 0.6 is 0 Å². The zero-order valence-corrected chi connectivity index (χ0v) is 17.4. The Bertz CT molecular complexity index is 1050. The molecule has 2 aliphatic rings. The second kappa shape index (κ2) is 7.55. The van der Waals surface area contributed by atoms with Gasteiger partial charge in [0.2, 0.25) is 0 Å². The summed E-state index contributed by atoms with van der Waals surface area (Å²) in [5.41, 5.74) is 0.280. The van der Waals surface area contributed by atoms with Crippen molar-refractivity contribution in [2.45, 2.75) is 37.9 Å². The lowest BCUT2D eigenvalue weighted by Gasteiger charge is -2.46. The molecule has 2 aromatic rings. The number of rotatable bonds is 3. The summed E-state index contributed by atoms with van der Waals surface area (Å²) < 4.78 is 43.9. The van der Waals surface area contributed by atoms with E-state index in [4.69, 9.17) is 0 Å². The molecule has 1 N–H and O–H groups in total. The molecule has 1 spiro atoms. The fraction of sp³-hybridized carbons (Fsp3) is 0.381. The maximum Gasteiger partial charge on any atom is 0.407 e. The van der Waals surface area contributed by atoms with Crippen molar-refractivity contribution in [2.24, 2.45) is 0 Å². The molecular formula is C21H24FN3O4S. The molecule has 1 unspecified atom stereocenters. The minimum absolute atomic E-state index is 0.202. The van der Waals surface area contributed by atoms with Gasteiger partial charge in [0.05, 0.1) is 11.2 Å². The molecule has 2 aromatic carbocycles. The number of nitrogens with zero attached hydrogens (tertiary/aromatic N) is 3. The summed E-state index contributed by atoms with van der Waals surface area (Å²) in [7, 11) is -3.93. The minimum Gasteiger partial charge on any atom is -0.465 e. The predicted molar refractivity (Wildman–Crippen MR) is 111 cm³/mol. The average Bonchev–Trinajstić information content (AvgIpc) is 2.88. The van der Waals surface area contributed by atoms with E-state index >= 15 is 0 Å². The van der Waals surface area contributed by atoms with Crippen molar-refractivity contribution in [2.75, 3.05) is 17.4 Å². The molecule has 2 fully saturated rings. The number of likely N-dealkylation sites (tertiary alicyclic amines) is 1. The van der Waals surface area contributed by atoms with Gasteiger partial charge in [-0.2, -0.15) is 12.7 Å². The molecule has 0 bridgehead atoms. The lowest BCUT2D eigenvalue weighted by Crippen LogP contribution is -2.58. The first-order valence-corrected chi connectivity index (χ1v) is 11.2. The summed E-state index contributed by atoms with van der Waals surface area (Å²) in [6.07, 6.45) is -0.345. The number of piperidine rings is 1. The number of benzene rings is 2. The van der Waals surface area contributed by atoms with Crippen LogP contribution in [-0.2, 0) is 16.8 Å². The third-order valence-electron chi connectivity index (χ3n) is 5.97. The highest BCUT2D eigenvalue weighted by Crippen LogP contribution is 2.44. The van der Waals surface area contributed by atoms with Crippen LogP contribution in [0, 0.1) is 5.82 Å². The Morgan fingerprint density at radius 1 is 1.20 bits per heavy atom. The van der Waals surface area contributed by atoms with E-state index in [0.717, 1.165) is 5.56 Å². The zero-order valence-electron chi connectivity index (χ0n) is 16.6. The normalized spacial score (nSPS) is 26.3. The van der Waals surface area contributed by atoms with Crippen LogP contribution in [0.15, 0.2) is 54.6 Å². The Hall–Kier alpha value is -2.65. The van der Waals surface area contributed by atoms with Gasteiger partial charge in [0.15, 0.2) is 0 Å². The average molecular weight is 434 g/mol. The van der Waals surface area contributed by atoms with Gasteiger partial charge in [-0.1, -0.05) is 36.4 Å². The van der Waals surface area contributed by atoms with Crippen molar-refractivity contribution >= 4 is 22.0 Å². The van der Waals surface area contributed by atoms with Crippen LogP contribution in [0.5, 0.6) is 0 Å². The van der Waals surface area contributed by atoms with Gasteiger partial charge in [-0.15, -0.1) is 0 Å². The van der Waals surface area contributed by atoms with Gasteiger partial charge in [0, 0.05) is 25.7 Å². The number of halogens is 1. The molecular weight excluding hydrogens is 409 g/mol. The zero-order chi connectivity index (χ0) is 21.5. The van der Waals surface area contributed by atoms with Crippen LogP contribution in [0.3, 0.4) is 0 Å². The minimum atomic E-state index is -3.93. The first-order chi connectivity index (χ1) is 14.2. The number of carbonyl (C=O) groups is 1. The molecule has 2 heterocycles. The van der Waals surface area contributed by atoms with Gasteiger partial charge in [-0.05, 0) is 43.5 Å². The van der Waals surface area contributed by atoms with Crippen molar-refractivity contribution < 1.29 is 22.7 Å². The van der Waals surface area contributed by atoms with Crippen LogP contribution in [0.1, 0.15) is 25.3 Å².